The molecule has 1 aromatic rings. The molecule has 0 aromatic carbocycles. The fourth-order valence-electron chi connectivity index (χ4n) is 2.82. The Hall–Kier alpha value is -2.31. The zero-order valence-electron chi connectivity index (χ0n) is 14.9. The van der Waals surface area contributed by atoms with E-state index in [4.69, 9.17) is 4.42 Å². The van der Waals surface area contributed by atoms with Crippen LogP contribution >= 0.6 is 0 Å². The number of carbonyl (C=O) groups excluding carboxylic acids is 2. The number of carboxylic acids is 1. The number of rotatable bonds is 7. The van der Waals surface area contributed by atoms with Gasteiger partial charge in [0, 0.05) is 13.0 Å². The van der Waals surface area contributed by atoms with Crippen molar-refractivity contribution in [3.8, 4) is 0 Å². The molecule has 1 fully saturated rings. The smallest absolute Gasteiger partial charge is 0.326 e. The Labute approximate surface area is 147 Å². The van der Waals surface area contributed by atoms with Gasteiger partial charge < -0.3 is 19.7 Å². The summed E-state index contributed by atoms with van der Waals surface area (Å²) >= 11 is 0. The van der Waals surface area contributed by atoms with Crippen molar-refractivity contribution in [2.45, 2.75) is 52.6 Å². The summed E-state index contributed by atoms with van der Waals surface area (Å²) < 4.78 is 5.23. The van der Waals surface area contributed by atoms with E-state index in [1.54, 1.807) is 17.0 Å². The van der Waals surface area contributed by atoms with Crippen LogP contribution in [-0.4, -0.2) is 40.4 Å². The first-order chi connectivity index (χ1) is 11.7. The second kappa shape index (κ2) is 7.72. The number of carboxylic acid groups (broad SMARTS) is 1. The molecule has 25 heavy (non-hydrogen) atoms. The molecular weight excluding hydrogens is 324 g/mol. The monoisotopic (exact) mass is 350 g/mol. The SMILES string of the molecule is CC(C)(C)CCC(NC(=O)C1CC(=O)N(Cc2ccco2)C1)C(=O)O. The third kappa shape index (κ3) is 5.62. The Morgan fingerprint density at radius 3 is 2.72 bits per heavy atom. The number of carbonyl (C=O) groups is 3. The maximum atomic E-state index is 12.4. The van der Waals surface area contributed by atoms with Crippen LogP contribution in [0.5, 0.6) is 0 Å². The highest BCUT2D eigenvalue weighted by atomic mass is 16.4. The van der Waals surface area contributed by atoms with Crippen molar-refractivity contribution in [2.75, 3.05) is 6.54 Å². The molecule has 7 heteroatoms. The average Bonchev–Trinajstić information content (AvgIpc) is 3.13. The Morgan fingerprint density at radius 1 is 1.44 bits per heavy atom. The molecule has 2 unspecified atom stereocenters. The highest BCUT2D eigenvalue weighted by molar-refractivity contribution is 5.91. The number of likely N-dealkylation sites (tertiary alicyclic amines) is 1. The molecule has 0 spiro atoms. The third-order valence-electron chi connectivity index (χ3n) is 4.31. The van der Waals surface area contributed by atoms with Gasteiger partial charge >= 0.3 is 5.97 Å². The number of nitrogens with one attached hydrogen (secondary N) is 1. The molecule has 1 aromatic heterocycles. The molecule has 0 radical (unpaired) electrons. The lowest BCUT2D eigenvalue weighted by Crippen LogP contribution is -2.44. The van der Waals surface area contributed by atoms with Gasteiger partial charge in [-0.2, -0.15) is 0 Å². The van der Waals surface area contributed by atoms with Gasteiger partial charge in [-0.3, -0.25) is 9.59 Å². The lowest BCUT2D eigenvalue weighted by molar-refractivity contribution is -0.142. The molecule has 2 amide bonds. The zero-order valence-corrected chi connectivity index (χ0v) is 14.9. The molecule has 0 aliphatic carbocycles. The van der Waals surface area contributed by atoms with Gasteiger partial charge in [-0.15, -0.1) is 0 Å². The molecule has 138 valence electrons. The Balaban J connectivity index is 1.90. The van der Waals surface area contributed by atoms with Crippen LogP contribution in [0.2, 0.25) is 0 Å². The Bertz CT molecular complexity index is 618. The molecule has 7 nitrogen and oxygen atoms in total. The molecule has 2 heterocycles. The van der Waals surface area contributed by atoms with E-state index < -0.39 is 17.9 Å². The van der Waals surface area contributed by atoms with Gasteiger partial charge in [0.1, 0.15) is 11.8 Å². The van der Waals surface area contributed by atoms with E-state index in [2.05, 4.69) is 5.32 Å². The molecule has 1 saturated heterocycles. The number of furan rings is 1. The van der Waals surface area contributed by atoms with E-state index in [0.29, 0.717) is 25.1 Å². The van der Waals surface area contributed by atoms with Crippen molar-refractivity contribution in [3.05, 3.63) is 24.2 Å². The highest BCUT2D eigenvalue weighted by Gasteiger charge is 2.36. The van der Waals surface area contributed by atoms with Crippen LogP contribution in [0, 0.1) is 11.3 Å². The normalized spacial score (nSPS) is 19.1. The fourth-order valence-corrected chi connectivity index (χ4v) is 2.82. The van der Waals surface area contributed by atoms with Crippen LogP contribution in [0.4, 0.5) is 0 Å². The zero-order chi connectivity index (χ0) is 18.6. The number of hydrogen-bond donors (Lipinski definition) is 2. The van der Waals surface area contributed by atoms with Crippen LogP contribution in [0.3, 0.4) is 0 Å². The number of aliphatic carboxylic acids is 1. The summed E-state index contributed by atoms with van der Waals surface area (Å²) in [6, 6.07) is 2.58. The molecular formula is C18H26N2O5. The third-order valence-corrected chi connectivity index (χ3v) is 4.31. The maximum absolute atomic E-state index is 12.4. The summed E-state index contributed by atoms with van der Waals surface area (Å²) in [5.41, 5.74) is -0.0123. The largest absolute Gasteiger partial charge is 0.480 e. The van der Waals surface area contributed by atoms with Crippen LogP contribution in [0.25, 0.3) is 0 Å². The minimum atomic E-state index is -1.05. The van der Waals surface area contributed by atoms with Crippen molar-refractivity contribution >= 4 is 17.8 Å². The summed E-state index contributed by atoms with van der Waals surface area (Å²) in [7, 11) is 0. The second-order valence-electron chi connectivity index (χ2n) is 7.75. The lowest BCUT2D eigenvalue weighted by atomic mass is 9.88. The van der Waals surface area contributed by atoms with Crippen LogP contribution in [0.1, 0.15) is 45.8 Å². The van der Waals surface area contributed by atoms with Crippen molar-refractivity contribution in [1.29, 1.82) is 0 Å². The standard InChI is InChI=1S/C18H26N2O5/c1-18(2,3)7-6-14(17(23)24)19-16(22)12-9-15(21)20(10-12)11-13-5-4-8-25-13/h4-5,8,12,14H,6-7,9-11H2,1-3H3,(H,19,22)(H,23,24). The van der Waals surface area contributed by atoms with Gasteiger partial charge in [-0.05, 0) is 30.4 Å². The number of hydrogen-bond acceptors (Lipinski definition) is 4. The van der Waals surface area contributed by atoms with E-state index in [0.717, 1.165) is 0 Å². The van der Waals surface area contributed by atoms with Crippen molar-refractivity contribution in [2.24, 2.45) is 11.3 Å². The van der Waals surface area contributed by atoms with Crippen molar-refractivity contribution in [3.63, 3.8) is 0 Å². The van der Waals surface area contributed by atoms with Gasteiger partial charge in [0.25, 0.3) is 0 Å². The maximum Gasteiger partial charge on any atom is 0.326 e. The van der Waals surface area contributed by atoms with E-state index in [-0.39, 0.29) is 30.2 Å². The number of amides is 2. The van der Waals surface area contributed by atoms with Gasteiger partial charge in [0.15, 0.2) is 0 Å². The van der Waals surface area contributed by atoms with E-state index in [1.807, 2.05) is 20.8 Å². The van der Waals surface area contributed by atoms with Crippen molar-refractivity contribution < 1.29 is 23.9 Å². The van der Waals surface area contributed by atoms with E-state index >= 15 is 0 Å². The Kier molecular flexibility index (Phi) is 5.87. The fraction of sp³-hybridized carbons (Fsp3) is 0.611. The van der Waals surface area contributed by atoms with Gasteiger partial charge in [0.05, 0.1) is 18.7 Å². The summed E-state index contributed by atoms with van der Waals surface area (Å²) in [4.78, 5) is 37.4. The van der Waals surface area contributed by atoms with Gasteiger partial charge in [0.2, 0.25) is 11.8 Å². The van der Waals surface area contributed by atoms with Crippen LogP contribution in [-0.2, 0) is 20.9 Å². The predicted octanol–water partition coefficient (Wildman–Crippen LogP) is 2.02. The predicted molar refractivity (Wildman–Crippen MR) is 90.5 cm³/mol. The number of nitrogens with zero attached hydrogens (tertiary/aromatic N) is 1. The van der Waals surface area contributed by atoms with Crippen LogP contribution in [0.15, 0.2) is 22.8 Å². The summed E-state index contributed by atoms with van der Waals surface area (Å²) in [6.07, 6.45) is 2.67. The minimum absolute atomic E-state index is 0.0123. The topological polar surface area (TPSA) is 99.9 Å². The summed E-state index contributed by atoms with van der Waals surface area (Å²) in [5, 5.41) is 11.9. The first-order valence-corrected chi connectivity index (χ1v) is 8.49. The Morgan fingerprint density at radius 2 is 2.16 bits per heavy atom. The summed E-state index contributed by atoms with van der Waals surface area (Å²) in [6.45, 7) is 6.67. The van der Waals surface area contributed by atoms with Gasteiger partial charge in [-0.1, -0.05) is 20.8 Å². The average molecular weight is 350 g/mol. The molecule has 0 saturated carbocycles. The van der Waals surface area contributed by atoms with Gasteiger partial charge in [-0.25, -0.2) is 4.79 Å². The van der Waals surface area contributed by atoms with E-state index in [9.17, 15) is 19.5 Å². The molecule has 2 rings (SSSR count). The molecule has 2 atom stereocenters. The first kappa shape index (κ1) is 19.0. The first-order valence-electron chi connectivity index (χ1n) is 8.49. The lowest BCUT2D eigenvalue weighted by Gasteiger charge is -2.22. The second-order valence-corrected chi connectivity index (χ2v) is 7.75. The molecule has 1 aliphatic heterocycles. The van der Waals surface area contributed by atoms with Crippen molar-refractivity contribution in [1.82, 2.24) is 10.2 Å². The highest BCUT2D eigenvalue weighted by Crippen LogP contribution is 2.23. The molecule has 1 aliphatic rings. The quantitative estimate of drug-likeness (QED) is 0.784. The summed E-state index contributed by atoms with van der Waals surface area (Å²) in [5.74, 6) is -1.42. The molecule has 0 bridgehead atoms. The van der Waals surface area contributed by atoms with Crippen LogP contribution < -0.4 is 5.32 Å². The minimum Gasteiger partial charge on any atom is -0.480 e. The van der Waals surface area contributed by atoms with E-state index in [1.165, 1.54) is 6.26 Å². The molecule has 2 N–H and O–H groups in total.